The third-order valence-corrected chi connectivity index (χ3v) is 3.91. The van der Waals surface area contributed by atoms with E-state index in [2.05, 4.69) is 24.4 Å². The summed E-state index contributed by atoms with van der Waals surface area (Å²) >= 11 is 0. The molecule has 0 aromatic carbocycles. The predicted molar refractivity (Wildman–Crippen MR) is 66.0 cm³/mol. The summed E-state index contributed by atoms with van der Waals surface area (Å²) in [7, 11) is 0. The summed E-state index contributed by atoms with van der Waals surface area (Å²) in [5.41, 5.74) is 0.738. The van der Waals surface area contributed by atoms with E-state index in [4.69, 9.17) is 5.26 Å². The number of amides is 1. The van der Waals surface area contributed by atoms with Crippen LogP contribution in [0.25, 0.3) is 0 Å². The van der Waals surface area contributed by atoms with Gasteiger partial charge in [-0.3, -0.25) is 4.79 Å². The molecule has 0 aliphatic heterocycles. The molecule has 0 spiro atoms. The molecule has 2 rings (SSSR count). The van der Waals surface area contributed by atoms with Crippen molar-refractivity contribution in [3.8, 4) is 6.07 Å². The second-order valence-corrected chi connectivity index (χ2v) is 5.47. The second kappa shape index (κ2) is 4.91. The van der Waals surface area contributed by atoms with Crippen LogP contribution in [0.1, 0.15) is 45.4 Å². The summed E-state index contributed by atoms with van der Waals surface area (Å²) in [6.07, 6.45) is 8.28. The minimum Gasteiger partial charge on any atom is -0.354 e. The third-order valence-electron chi connectivity index (χ3n) is 3.91. The van der Waals surface area contributed by atoms with Crippen LogP contribution >= 0.6 is 0 Å². The van der Waals surface area contributed by atoms with Crippen LogP contribution in [0.2, 0.25) is 0 Å². The van der Waals surface area contributed by atoms with Gasteiger partial charge in [-0.15, -0.1) is 0 Å². The molecule has 0 aromatic heterocycles. The average molecular weight is 232 g/mol. The first kappa shape index (κ1) is 12.2. The number of nitrogens with zero attached hydrogens (tertiary/aromatic N) is 1. The molecular weight excluding hydrogens is 212 g/mol. The lowest BCUT2D eigenvalue weighted by Crippen LogP contribution is -2.48. The molecule has 1 fully saturated rings. The van der Waals surface area contributed by atoms with Crippen LogP contribution in [-0.2, 0) is 4.79 Å². The lowest BCUT2D eigenvalue weighted by molar-refractivity contribution is -0.133. The van der Waals surface area contributed by atoms with Crippen LogP contribution in [0, 0.1) is 22.7 Å². The Kier molecular flexibility index (Phi) is 3.51. The van der Waals surface area contributed by atoms with Gasteiger partial charge in [0, 0.05) is 6.54 Å². The number of nitrogens with one attached hydrogen (secondary N) is 1. The van der Waals surface area contributed by atoms with Gasteiger partial charge in [0.25, 0.3) is 0 Å². The van der Waals surface area contributed by atoms with Gasteiger partial charge < -0.3 is 5.32 Å². The van der Waals surface area contributed by atoms with Crippen molar-refractivity contribution in [2.75, 3.05) is 6.54 Å². The van der Waals surface area contributed by atoms with Gasteiger partial charge >= 0.3 is 0 Å². The van der Waals surface area contributed by atoms with Gasteiger partial charge in [0.2, 0.25) is 5.91 Å². The van der Waals surface area contributed by atoms with E-state index in [0.29, 0.717) is 12.5 Å². The monoisotopic (exact) mass is 232 g/mol. The van der Waals surface area contributed by atoms with Gasteiger partial charge in [-0.25, -0.2) is 0 Å². The van der Waals surface area contributed by atoms with E-state index in [1.165, 1.54) is 24.8 Å². The van der Waals surface area contributed by atoms with E-state index in [1.807, 2.05) is 0 Å². The van der Waals surface area contributed by atoms with Crippen LogP contribution in [0.3, 0.4) is 0 Å². The molecule has 17 heavy (non-hydrogen) atoms. The van der Waals surface area contributed by atoms with Crippen molar-refractivity contribution >= 4 is 5.91 Å². The molecule has 1 saturated carbocycles. The highest BCUT2D eigenvalue weighted by Crippen LogP contribution is 2.45. The fourth-order valence-electron chi connectivity index (χ4n) is 2.93. The summed E-state index contributed by atoms with van der Waals surface area (Å²) < 4.78 is 0. The maximum atomic E-state index is 11.9. The Hall–Kier alpha value is -1.30. The number of carbonyl (C=O) groups excluding carboxylic acids is 1. The molecule has 0 atom stereocenters. The predicted octanol–water partition coefficient (Wildman–Crippen LogP) is 2.54. The number of allylic oxidation sites excluding steroid dienone is 1. The van der Waals surface area contributed by atoms with Crippen LogP contribution in [0.5, 0.6) is 0 Å². The molecule has 0 unspecified atom stereocenters. The minimum absolute atomic E-state index is 0.0586. The highest BCUT2D eigenvalue weighted by Gasteiger charge is 2.48. The zero-order valence-corrected chi connectivity index (χ0v) is 10.5. The molecule has 0 bridgehead atoms. The molecule has 0 aromatic rings. The molecule has 0 heterocycles. The Morgan fingerprint density at radius 3 is 2.94 bits per heavy atom. The van der Waals surface area contributed by atoms with Crippen LogP contribution < -0.4 is 5.32 Å². The maximum Gasteiger partial charge on any atom is 0.240 e. The average Bonchev–Trinajstić information content (AvgIpc) is 2.77. The lowest BCUT2D eigenvalue weighted by Gasteiger charge is -2.39. The Morgan fingerprint density at radius 2 is 2.41 bits per heavy atom. The SMILES string of the molecule is CC1CC(C#N)(C(=O)NCCC2=CCCC2)C1. The number of nitriles is 1. The summed E-state index contributed by atoms with van der Waals surface area (Å²) in [6.45, 7) is 2.77. The first-order valence-corrected chi connectivity index (χ1v) is 6.54. The highest BCUT2D eigenvalue weighted by atomic mass is 16.2. The van der Waals surface area contributed by atoms with Crippen molar-refractivity contribution < 1.29 is 4.79 Å². The molecular formula is C14H20N2O. The Bertz CT molecular complexity index is 372. The first-order valence-electron chi connectivity index (χ1n) is 6.54. The van der Waals surface area contributed by atoms with Crippen molar-refractivity contribution in [2.24, 2.45) is 11.3 Å². The van der Waals surface area contributed by atoms with Gasteiger partial charge in [0.15, 0.2) is 0 Å². The van der Waals surface area contributed by atoms with Gasteiger partial charge in [0.1, 0.15) is 5.41 Å². The van der Waals surface area contributed by atoms with E-state index in [0.717, 1.165) is 19.3 Å². The van der Waals surface area contributed by atoms with E-state index < -0.39 is 5.41 Å². The van der Waals surface area contributed by atoms with E-state index in [1.54, 1.807) is 0 Å². The maximum absolute atomic E-state index is 11.9. The fraction of sp³-hybridized carbons (Fsp3) is 0.714. The van der Waals surface area contributed by atoms with Crippen LogP contribution in [0.15, 0.2) is 11.6 Å². The molecule has 1 N–H and O–H groups in total. The standard InChI is InChI=1S/C14H20N2O/c1-11-8-14(9-11,10-15)13(17)16-7-6-12-4-2-3-5-12/h4,11H,2-3,5-9H2,1H3,(H,16,17). The second-order valence-electron chi connectivity index (χ2n) is 5.47. The Labute approximate surface area is 103 Å². The van der Waals surface area contributed by atoms with Gasteiger partial charge in [-0.2, -0.15) is 5.26 Å². The smallest absolute Gasteiger partial charge is 0.240 e. The molecule has 2 aliphatic carbocycles. The summed E-state index contributed by atoms with van der Waals surface area (Å²) in [5, 5.41) is 12.0. The molecule has 3 nitrogen and oxygen atoms in total. The summed E-state index contributed by atoms with van der Waals surface area (Å²) in [4.78, 5) is 11.9. The Balaban J connectivity index is 1.75. The first-order chi connectivity index (χ1) is 8.16. The quantitative estimate of drug-likeness (QED) is 0.757. The lowest BCUT2D eigenvalue weighted by atomic mass is 9.63. The largest absolute Gasteiger partial charge is 0.354 e. The van der Waals surface area contributed by atoms with E-state index in [9.17, 15) is 4.79 Å². The number of hydrogen-bond acceptors (Lipinski definition) is 2. The number of rotatable bonds is 4. The molecule has 0 saturated heterocycles. The summed E-state index contributed by atoms with van der Waals surface area (Å²) in [6, 6.07) is 2.20. The van der Waals surface area contributed by atoms with Gasteiger partial charge in [-0.05, 0) is 44.4 Å². The Morgan fingerprint density at radius 1 is 1.65 bits per heavy atom. The normalized spacial score (nSPS) is 31.3. The molecule has 0 radical (unpaired) electrons. The van der Waals surface area contributed by atoms with Crippen molar-refractivity contribution in [3.63, 3.8) is 0 Å². The molecule has 2 aliphatic rings. The van der Waals surface area contributed by atoms with E-state index >= 15 is 0 Å². The van der Waals surface area contributed by atoms with Crippen molar-refractivity contribution in [1.29, 1.82) is 5.26 Å². The van der Waals surface area contributed by atoms with Crippen LogP contribution in [0.4, 0.5) is 0 Å². The van der Waals surface area contributed by atoms with Crippen LogP contribution in [-0.4, -0.2) is 12.5 Å². The molecule has 1 amide bonds. The van der Waals surface area contributed by atoms with Crippen molar-refractivity contribution in [3.05, 3.63) is 11.6 Å². The van der Waals surface area contributed by atoms with E-state index in [-0.39, 0.29) is 5.91 Å². The van der Waals surface area contributed by atoms with Crippen molar-refractivity contribution in [1.82, 2.24) is 5.32 Å². The zero-order valence-electron chi connectivity index (χ0n) is 10.5. The topological polar surface area (TPSA) is 52.9 Å². The third kappa shape index (κ3) is 2.52. The molecule has 3 heteroatoms. The highest BCUT2D eigenvalue weighted by molar-refractivity contribution is 5.86. The number of carbonyl (C=O) groups is 1. The zero-order chi connectivity index (χ0) is 12.3. The minimum atomic E-state index is -0.719. The van der Waals surface area contributed by atoms with Gasteiger partial charge in [0.05, 0.1) is 6.07 Å². The van der Waals surface area contributed by atoms with Crippen molar-refractivity contribution in [2.45, 2.75) is 45.4 Å². The number of hydrogen-bond donors (Lipinski definition) is 1. The van der Waals surface area contributed by atoms with Gasteiger partial charge in [-0.1, -0.05) is 18.6 Å². The molecule has 92 valence electrons. The summed E-state index contributed by atoms with van der Waals surface area (Å²) in [5.74, 6) is 0.453. The fourth-order valence-corrected chi connectivity index (χ4v) is 2.93.